The normalized spacial score (nSPS) is 19.4. The van der Waals surface area contributed by atoms with Crippen LogP contribution in [-0.2, 0) is 0 Å². The van der Waals surface area contributed by atoms with Gasteiger partial charge in [0, 0.05) is 38.5 Å². The van der Waals surface area contributed by atoms with E-state index in [9.17, 15) is 30.6 Å². The van der Waals surface area contributed by atoms with Crippen LogP contribution >= 0.6 is 0 Å². The van der Waals surface area contributed by atoms with Crippen LogP contribution in [-0.4, -0.2) is 256 Å². The number of hydrogen-bond acceptors (Lipinski definition) is 12. The molecule has 0 aromatic heterocycles. The molecule has 0 aromatic carbocycles. The fourth-order valence-electron chi connectivity index (χ4n) is 6.17. The SMILES string of the molecule is CN1CCC[N+](C)=C1[O-].CN1CCC[N+](C)=C1[O-].CN1CCC[N+](C)=C1[O-].CN1CCC[N+](C)=C1[O-].CN1CCC[N+](C)=C1[O-].CN1CCC[N+](C)=C1[O-].[I-].[I-].[I-].[Yb+3]. The van der Waals surface area contributed by atoms with Crippen LogP contribution in [0.4, 0.5) is 0 Å². The predicted octanol–water partition coefficient (Wildman–Crippen LogP) is -16.9. The van der Waals surface area contributed by atoms with Gasteiger partial charge in [0.15, 0.2) is 0 Å². The first-order chi connectivity index (χ1) is 25.3. The van der Waals surface area contributed by atoms with E-state index >= 15 is 0 Å². The number of amidine groups is 6. The van der Waals surface area contributed by atoms with Crippen molar-refractivity contribution in [2.45, 2.75) is 38.5 Å². The van der Waals surface area contributed by atoms with Gasteiger partial charge >= 0.3 is 46.9 Å². The van der Waals surface area contributed by atoms with E-state index in [1.54, 1.807) is 56.9 Å². The number of nitrogens with zero attached hydrogens (tertiary/aromatic N) is 12. The minimum absolute atomic E-state index is 0. The molecule has 0 N–H and O–H groups in total. The minimum Gasteiger partial charge on any atom is -1.00 e. The van der Waals surface area contributed by atoms with E-state index in [-0.39, 0.29) is 155 Å². The summed E-state index contributed by atoms with van der Waals surface area (Å²) in [6, 6.07) is 0.840. The molecule has 58 heavy (non-hydrogen) atoms. The maximum atomic E-state index is 11.0. The van der Waals surface area contributed by atoms with Gasteiger partial charge in [-0.05, 0) is 0 Å². The van der Waals surface area contributed by atoms with Crippen LogP contribution in [0.25, 0.3) is 0 Å². The van der Waals surface area contributed by atoms with E-state index in [0.717, 1.165) is 117 Å². The van der Waals surface area contributed by atoms with Gasteiger partial charge in [0.1, 0.15) is 0 Å². The topological polar surface area (TPSA) is 176 Å². The molecule has 0 fully saturated rings. The van der Waals surface area contributed by atoms with Crippen molar-refractivity contribution in [3.8, 4) is 0 Å². The van der Waals surface area contributed by atoms with E-state index < -0.39 is 0 Å². The summed E-state index contributed by atoms with van der Waals surface area (Å²) in [6.45, 7) is 10.9. The fraction of sp³-hybridized carbons (Fsp3) is 0.833. The molecular formula is C36H72I3N12O6Yb. The van der Waals surface area contributed by atoms with Crippen LogP contribution in [0.3, 0.4) is 0 Å². The molecular weight excluding hydrogens is 1250 g/mol. The molecule has 1 radical (unpaired) electrons. The summed E-state index contributed by atoms with van der Waals surface area (Å²) in [5.41, 5.74) is 0. The third kappa shape index (κ3) is 23.5. The zero-order valence-electron chi connectivity index (χ0n) is 36.9. The van der Waals surface area contributed by atoms with E-state index in [0.29, 0.717) is 0 Å². The van der Waals surface area contributed by atoms with Gasteiger partial charge in [0.25, 0.3) is 0 Å². The first-order valence-electron chi connectivity index (χ1n) is 19.1. The van der Waals surface area contributed by atoms with E-state index in [1.165, 1.54) is 0 Å². The smallest absolute Gasteiger partial charge is 1.00 e. The van der Waals surface area contributed by atoms with Crippen LogP contribution < -0.4 is 103 Å². The Kier molecular flexibility index (Phi) is 37.4. The maximum absolute atomic E-state index is 11.0. The number of hydrogen-bond donors (Lipinski definition) is 0. The van der Waals surface area contributed by atoms with Gasteiger partial charge in [-0.15, -0.1) is 0 Å². The molecule has 0 bridgehead atoms. The average molecular weight is 1320 g/mol. The Morgan fingerprint density at radius 3 is 0.466 bits per heavy atom. The largest absolute Gasteiger partial charge is 3.00 e. The molecule has 6 heterocycles. The first-order valence-corrected chi connectivity index (χ1v) is 19.1. The van der Waals surface area contributed by atoms with Gasteiger partial charge in [-0.25, -0.2) is 0 Å². The van der Waals surface area contributed by atoms with E-state index in [2.05, 4.69) is 0 Å². The molecule has 18 nitrogen and oxygen atoms in total. The Hall–Kier alpha value is -0.671. The van der Waals surface area contributed by atoms with Crippen molar-refractivity contribution >= 4 is 36.1 Å². The molecule has 0 spiro atoms. The molecule has 0 aromatic rings. The molecule has 0 aliphatic carbocycles. The molecule has 0 unspecified atom stereocenters. The number of halogens is 3. The number of rotatable bonds is 0. The van der Waals surface area contributed by atoms with Gasteiger partial charge in [-0.2, -0.15) is 0 Å². The predicted molar refractivity (Wildman–Crippen MR) is 200 cm³/mol. The Bertz CT molecular complexity index is 1140. The second kappa shape index (κ2) is 33.9. The Morgan fingerprint density at radius 1 is 0.293 bits per heavy atom. The molecule has 6 aliphatic rings. The van der Waals surface area contributed by atoms with Crippen LogP contribution in [0.5, 0.6) is 0 Å². The molecule has 0 saturated carbocycles. The summed E-state index contributed by atoms with van der Waals surface area (Å²) < 4.78 is 10.4. The summed E-state index contributed by atoms with van der Waals surface area (Å²) in [6.07, 6.45) is 6.58. The van der Waals surface area contributed by atoms with Crippen LogP contribution in [0.15, 0.2) is 0 Å². The maximum Gasteiger partial charge on any atom is 3.00 e. The summed E-state index contributed by atoms with van der Waals surface area (Å²) in [4.78, 5) is 10.4. The zero-order valence-corrected chi connectivity index (χ0v) is 45.1. The van der Waals surface area contributed by atoms with Crippen molar-refractivity contribution in [2.75, 3.05) is 163 Å². The van der Waals surface area contributed by atoms with Crippen molar-refractivity contribution in [1.29, 1.82) is 0 Å². The fourth-order valence-corrected chi connectivity index (χ4v) is 6.17. The first kappa shape index (κ1) is 64.0. The van der Waals surface area contributed by atoms with Gasteiger partial charge in [0.2, 0.25) is 36.1 Å². The zero-order chi connectivity index (χ0) is 41.1. The Balaban J connectivity index is -0.000000298. The van der Waals surface area contributed by atoms with Crippen molar-refractivity contribution in [1.82, 2.24) is 29.4 Å². The van der Waals surface area contributed by atoms with Crippen LogP contribution in [0.2, 0.25) is 0 Å². The van der Waals surface area contributed by atoms with Gasteiger partial charge in [0.05, 0.1) is 163 Å². The monoisotopic (exact) mass is 1320 g/mol. The molecule has 6 aliphatic heterocycles. The second-order valence-corrected chi connectivity index (χ2v) is 14.9. The van der Waals surface area contributed by atoms with E-state index in [1.807, 2.05) is 84.6 Å². The Labute approximate surface area is 439 Å². The quantitative estimate of drug-likeness (QED) is 0.166. The van der Waals surface area contributed by atoms with Crippen molar-refractivity contribution in [2.24, 2.45) is 0 Å². The Morgan fingerprint density at radius 2 is 0.397 bits per heavy atom. The average Bonchev–Trinajstić information content (AvgIpc) is 3.13. The van der Waals surface area contributed by atoms with Crippen molar-refractivity contribution in [3.05, 3.63) is 0 Å². The van der Waals surface area contributed by atoms with Gasteiger partial charge in [-0.1, -0.05) is 0 Å². The van der Waals surface area contributed by atoms with Gasteiger partial charge < -0.3 is 103 Å². The summed E-state index contributed by atoms with van der Waals surface area (Å²) >= 11 is 0. The molecule has 22 heteroatoms. The molecule has 0 amide bonds. The van der Waals surface area contributed by atoms with Crippen molar-refractivity contribution < 1.29 is 177 Å². The summed E-state index contributed by atoms with van der Waals surface area (Å²) in [7, 11) is 22.0. The second-order valence-electron chi connectivity index (χ2n) is 14.9. The summed E-state index contributed by atoms with van der Waals surface area (Å²) in [5, 5.41) is 65.9. The third-order valence-corrected chi connectivity index (χ3v) is 9.84. The molecule has 0 atom stereocenters. The van der Waals surface area contributed by atoms with Crippen LogP contribution in [0, 0.1) is 46.9 Å². The minimum atomic E-state index is 0. The summed E-state index contributed by atoms with van der Waals surface area (Å²) in [5.74, 6) is 0. The third-order valence-electron chi connectivity index (χ3n) is 9.84. The van der Waals surface area contributed by atoms with E-state index in [4.69, 9.17) is 0 Å². The molecule has 6 rings (SSSR count). The van der Waals surface area contributed by atoms with Crippen molar-refractivity contribution in [3.63, 3.8) is 0 Å². The van der Waals surface area contributed by atoms with Crippen LogP contribution in [0.1, 0.15) is 38.5 Å². The van der Waals surface area contributed by atoms with Gasteiger partial charge in [-0.3, -0.25) is 56.9 Å². The standard InChI is InChI=1S/6C6H12N2O.3HI.Yb/c6*1-7-4-3-5-8(2)6(7)9;;;;/h6*3-5H2,1-2H3;3*1H;/q;;;;;;;;;+3/p-3. The molecule has 347 valence electrons. The molecule has 0 saturated heterocycles.